The van der Waals surface area contributed by atoms with E-state index in [-0.39, 0.29) is 5.41 Å². The van der Waals surface area contributed by atoms with Crippen LogP contribution in [0.5, 0.6) is 0 Å². The smallest absolute Gasteiger partial charge is 0.308 e. The molecule has 0 saturated heterocycles. The molecule has 2 heterocycles. The average Bonchev–Trinajstić information content (AvgIpc) is 3.48. The number of fused-ring (bicyclic) bond motifs is 3. The number of benzene rings is 6. The van der Waals surface area contributed by atoms with Gasteiger partial charge in [0, 0.05) is 27.5 Å². The molecule has 0 N–H and O–H groups in total. The second kappa shape index (κ2) is 12.4. The molecule has 0 amide bonds. The molecule has 51 heavy (non-hydrogen) atoms. The Morgan fingerprint density at radius 2 is 0.980 bits per heavy atom. The highest BCUT2D eigenvalue weighted by molar-refractivity contribution is 6.10. The van der Waals surface area contributed by atoms with Crippen molar-refractivity contribution in [3.63, 3.8) is 0 Å². The van der Waals surface area contributed by atoms with Gasteiger partial charge in [-0.3, -0.25) is 0 Å². The third-order valence-electron chi connectivity index (χ3n) is 9.26. The van der Waals surface area contributed by atoms with E-state index in [1.807, 2.05) is 91.0 Å². The van der Waals surface area contributed by atoms with E-state index in [0.29, 0.717) is 23.0 Å². The van der Waals surface area contributed by atoms with Gasteiger partial charge < -0.3 is 4.57 Å². The topological polar surface area (TPSA) is 43.6 Å². The Balaban J connectivity index is 1.43. The molecule has 250 valence electrons. The van der Waals surface area contributed by atoms with Crippen LogP contribution >= 0.6 is 0 Å². The zero-order valence-corrected chi connectivity index (χ0v) is 28.3. The minimum atomic E-state index is -4.42. The van der Waals surface area contributed by atoms with E-state index in [4.69, 9.17) is 15.0 Å². The van der Waals surface area contributed by atoms with Crippen molar-refractivity contribution in [3.8, 4) is 51.0 Å². The first-order valence-electron chi connectivity index (χ1n) is 16.8. The number of hydrogen-bond donors (Lipinski definition) is 0. The van der Waals surface area contributed by atoms with Gasteiger partial charge in [0.25, 0.3) is 0 Å². The number of halogens is 3. The molecule has 2 aromatic heterocycles. The van der Waals surface area contributed by atoms with E-state index in [1.165, 1.54) is 17.7 Å². The van der Waals surface area contributed by atoms with Crippen LogP contribution in [0.3, 0.4) is 0 Å². The third-order valence-corrected chi connectivity index (χ3v) is 9.26. The Hall–Kier alpha value is -6.08. The molecular formula is C44H33F3N4. The molecule has 0 unspecified atom stereocenters. The Morgan fingerprint density at radius 3 is 1.59 bits per heavy atom. The van der Waals surface area contributed by atoms with E-state index in [0.717, 1.165) is 61.9 Å². The Labute approximate surface area is 293 Å². The lowest BCUT2D eigenvalue weighted by Crippen LogP contribution is -2.10. The Morgan fingerprint density at radius 1 is 0.451 bits per heavy atom. The second-order valence-corrected chi connectivity index (χ2v) is 13.7. The number of nitrogens with zero attached hydrogens (tertiary/aromatic N) is 4. The van der Waals surface area contributed by atoms with E-state index in [2.05, 4.69) is 55.7 Å². The van der Waals surface area contributed by atoms with Crippen LogP contribution in [0.25, 0.3) is 72.8 Å². The molecule has 0 fully saturated rings. The predicted molar refractivity (Wildman–Crippen MR) is 200 cm³/mol. The predicted octanol–water partition coefficient (Wildman–Crippen LogP) is 12.0. The summed E-state index contributed by atoms with van der Waals surface area (Å²) >= 11 is 0. The fourth-order valence-electron chi connectivity index (χ4n) is 6.56. The van der Waals surface area contributed by atoms with E-state index in [1.54, 1.807) is 0 Å². The van der Waals surface area contributed by atoms with Crippen molar-refractivity contribution in [2.24, 2.45) is 0 Å². The van der Waals surface area contributed by atoms with Gasteiger partial charge in [-0.25, -0.2) is 15.0 Å². The van der Waals surface area contributed by atoms with Crippen LogP contribution < -0.4 is 0 Å². The molecule has 7 heteroatoms. The van der Waals surface area contributed by atoms with E-state index < -0.39 is 11.7 Å². The zero-order chi connectivity index (χ0) is 35.3. The minimum Gasteiger partial charge on any atom is -0.308 e. The SMILES string of the molecule is CC(C)(C)c1ccc2c(c1)c1ccccc1n2-c1cc(-c2ccc(C(F)(F)F)cc2)ccc1-c1nc(-c2ccccc2)nc(-c2ccccc2)n1. The number of alkyl halides is 3. The number of para-hydroxylation sites is 1. The first-order chi connectivity index (χ1) is 24.5. The molecule has 0 aliphatic carbocycles. The number of rotatable bonds is 5. The number of hydrogen-bond acceptors (Lipinski definition) is 3. The molecule has 0 saturated carbocycles. The lowest BCUT2D eigenvalue weighted by molar-refractivity contribution is -0.137. The summed E-state index contributed by atoms with van der Waals surface area (Å²) in [4.78, 5) is 15.0. The fourth-order valence-corrected chi connectivity index (χ4v) is 6.56. The molecule has 0 aliphatic heterocycles. The molecule has 0 aliphatic rings. The molecule has 8 rings (SSSR count). The highest BCUT2D eigenvalue weighted by atomic mass is 19.4. The van der Waals surface area contributed by atoms with Crippen molar-refractivity contribution in [2.45, 2.75) is 32.4 Å². The van der Waals surface area contributed by atoms with Crippen LogP contribution in [-0.2, 0) is 11.6 Å². The Bertz CT molecular complexity index is 2470. The van der Waals surface area contributed by atoms with Gasteiger partial charge in [-0.15, -0.1) is 0 Å². The summed E-state index contributed by atoms with van der Waals surface area (Å²) in [6.07, 6.45) is -4.42. The van der Waals surface area contributed by atoms with Crippen molar-refractivity contribution in [1.82, 2.24) is 19.5 Å². The van der Waals surface area contributed by atoms with Crippen molar-refractivity contribution in [2.75, 3.05) is 0 Å². The van der Waals surface area contributed by atoms with Crippen molar-refractivity contribution in [1.29, 1.82) is 0 Å². The fraction of sp³-hybridized carbons (Fsp3) is 0.114. The summed E-state index contributed by atoms with van der Waals surface area (Å²) in [7, 11) is 0. The van der Waals surface area contributed by atoms with Crippen molar-refractivity contribution >= 4 is 21.8 Å². The molecule has 0 radical (unpaired) electrons. The van der Waals surface area contributed by atoms with Gasteiger partial charge in [0.1, 0.15) is 0 Å². The van der Waals surface area contributed by atoms with Crippen LogP contribution in [-0.4, -0.2) is 19.5 Å². The summed E-state index contributed by atoms with van der Waals surface area (Å²) in [5.74, 6) is 1.55. The first kappa shape index (κ1) is 32.1. The average molecular weight is 675 g/mol. The van der Waals surface area contributed by atoms with Gasteiger partial charge in [-0.1, -0.05) is 124 Å². The molecule has 4 nitrogen and oxygen atoms in total. The summed E-state index contributed by atoms with van der Waals surface area (Å²) in [6, 6.07) is 45.7. The summed E-state index contributed by atoms with van der Waals surface area (Å²) in [6.45, 7) is 6.61. The maximum Gasteiger partial charge on any atom is 0.416 e. The van der Waals surface area contributed by atoms with Gasteiger partial charge in [-0.2, -0.15) is 13.2 Å². The third kappa shape index (κ3) is 6.05. The van der Waals surface area contributed by atoms with Crippen LogP contribution in [0.15, 0.2) is 146 Å². The summed E-state index contributed by atoms with van der Waals surface area (Å²) in [5.41, 5.74) is 7.15. The lowest BCUT2D eigenvalue weighted by atomic mass is 9.86. The van der Waals surface area contributed by atoms with E-state index in [9.17, 15) is 13.2 Å². The van der Waals surface area contributed by atoms with Crippen LogP contribution in [0.1, 0.15) is 31.9 Å². The van der Waals surface area contributed by atoms with Crippen molar-refractivity contribution < 1.29 is 13.2 Å². The zero-order valence-electron chi connectivity index (χ0n) is 28.3. The van der Waals surface area contributed by atoms with Gasteiger partial charge in [-0.05, 0) is 64.6 Å². The molecular weight excluding hydrogens is 642 g/mol. The molecule has 0 spiro atoms. The van der Waals surface area contributed by atoms with Gasteiger partial charge in [0.15, 0.2) is 17.5 Å². The molecule has 0 bridgehead atoms. The first-order valence-corrected chi connectivity index (χ1v) is 16.8. The highest BCUT2D eigenvalue weighted by Gasteiger charge is 2.30. The largest absolute Gasteiger partial charge is 0.416 e. The number of aromatic nitrogens is 4. The maximum absolute atomic E-state index is 13.5. The highest BCUT2D eigenvalue weighted by Crippen LogP contribution is 2.40. The van der Waals surface area contributed by atoms with Crippen molar-refractivity contribution in [3.05, 3.63) is 157 Å². The van der Waals surface area contributed by atoms with Crippen LogP contribution in [0.4, 0.5) is 13.2 Å². The quantitative estimate of drug-likeness (QED) is 0.182. The maximum atomic E-state index is 13.5. The monoisotopic (exact) mass is 674 g/mol. The van der Waals surface area contributed by atoms with Gasteiger partial charge in [0.05, 0.1) is 22.3 Å². The Kier molecular flexibility index (Phi) is 7.79. The minimum absolute atomic E-state index is 0.0579. The summed E-state index contributed by atoms with van der Waals surface area (Å²) in [5, 5.41) is 2.20. The van der Waals surface area contributed by atoms with Crippen LogP contribution in [0.2, 0.25) is 0 Å². The second-order valence-electron chi connectivity index (χ2n) is 13.7. The van der Waals surface area contributed by atoms with E-state index >= 15 is 0 Å². The van der Waals surface area contributed by atoms with Crippen LogP contribution in [0, 0.1) is 0 Å². The van der Waals surface area contributed by atoms with Gasteiger partial charge in [0.2, 0.25) is 0 Å². The standard InChI is InChI=1S/C44H33F3N4/c1-43(2,3)33-23-25-38-36(27-33)34-16-10-11-17-37(34)51(38)39-26-31(28-18-21-32(22-19-28)44(45,46)47)20-24-35(39)42-49-40(29-12-6-4-7-13-29)48-41(50-42)30-14-8-5-9-15-30/h4-27H,1-3H3. The molecule has 0 atom stereocenters. The lowest BCUT2D eigenvalue weighted by Gasteiger charge is -2.19. The van der Waals surface area contributed by atoms with Gasteiger partial charge >= 0.3 is 6.18 Å². The molecule has 8 aromatic rings. The summed E-state index contributed by atoms with van der Waals surface area (Å²) < 4.78 is 42.7. The normalized spacial score (nSPS) is 12.1. The molecule has 6 aromatic carbocycles.